The van der Waals surface area contributed by atoms with Crippen molar-refractivity contribution in [1.29, 1.82) is 0 Å². The first-order valence-electron chi connectivity index (χ1n) is 10.8. The van der Waals surface area contributed by atoms with Gasteiger partial charge >= 0.3 is 0 Å². The quantitative estimate of drug-likeness (QED) is 0.284. The third kappa shape index (κ3) is 7.94. The highest BCUT2D eigenvalue weighted by molar-refractivity contribution is 14.0. The number of likely N-dealkylation sites (N-methyl/N-ethyl adjacent to an activating group) is 1. The Morgan fingerprint density at radius 2 is 2.07 bits per heavy atom. The fourth-order valence-electron chi connectivity index (χ4n) is 3.55. The Morgan fingerprint density at radius 1 is 1.24 bits per heavy atom. The van der Waals surface area contributed by atoms with Gasteiger partial charge in [-0.05, 0) is 44.9 Å². The molecule has 1 aliphatic heterocycles. The molecule has 1 aromatic rings. The Balaban J connectivity index is 0.00000300. The lowest BCUT2D eigenvalue weighted by molar-refractivity contribution is 0.140. The number of nitrogens with zero attached hydrogens (tertiary/aromatic N) is 2. The molecule has 1 heterocycles. The third-order valence-electron chi connectivity index (χ3n) is 5.32. The molecule has 164 valence electrons. The minimum absolute atomic E-state index is 0. The predicted molar refractivity (Wildman–Crippen MR) is 130 cm³/mol. The highest BCUT2D eigenvalue weighted by Crippen LogP contribution is 2.26. The molecule has 1 saturated heterocycles. The molecule has 0 radical (unpaired) electrons. The lowest BCUT2D eigenvalue weighted by atomic mass is 10.1. The maximum Gasteiger partial charge on any atom is 0.191 e. The summed E-state index contributed by atoms with van der Waals surface area (Å²) in [6.07, 6.45) is 3.81. The van der Waals surface area contributed by atoms with Gasteiger partial charge in [-0.25, -0.2) is 4.99 Å². The van der Waals surface area contributed by atoms with Crippen molar-refractivity contribution in [2.24, 2.45) is 4.99 Å². The molecule has 0 aromatic heterocycles. The fourth-order valence-corrected chi connectivity index (χ4v) is 3.55. The van der Waals surface area contributed by atoms with E-state index in [1.54, 1.807) is 0 Å². The summed E-state index contributed by atoms with van der Waals surface area (Å²) in [6, 6.07) is 7.16. The van der Waals surface area contributed by atoms with Crippen LogP contribution in [0.1, 0.15) is 44.2 Å². The van der Waals surface area contributed by atoms with Gasteiger partial charge in [-0.15, -0.1) is 24.0 Å². The van der Waals surface area contributed by atoms with Crippen molar-refractivity contribution >= 4 is 29.9 Å². The molecule has 29 heavy (non-hydrogen) atoms. The molecule has 1 saturated carbocycles. The van der Waals surface area contributed by atoms with Gasteiger partial charge in [0.15, 0.2) is 5.96 Å². The van der Waals surface area contributed by atoms with Crippen molar-refractivity contribution in [3.8, 4) is 5.75 Å². The molecule has 0 amide bonds. The first kappa shape index (κ1) is 24.2. The van der Waals surface area contributed by atoms with E-state index >= 15 is 0 Å². The van der Waals surface area contributed by atoms with Crippen LogP contribution in [-0.4, -0.2) is 62.4 Å². The van der Waals surface area contributed by atoms with Gasteiger partial charge in [-0.2, -0.15) is 0 Å². The smallest absolute Gasteiger partial charge is 0.191 e. The van der Waals surface area contributed by atoms with Crippen LogP contribution in [0.25, 0.3) is 0 Å². The van der Waals surface area contributed by atoms with Crippen molar-refractivity contribution in [3.63, 3.8) is 0 Å². The molecule has 1 aromatic carbocycles. The number of benzene rings is 1. The molecular formula is C22H37IN4O2. The molecule has 3 rings (SSSR count). The average Bonchev–Trinajstić information content (AvgIpc) is 3.40. The van der Waals surface area contributed by atoms with Crippen LogP contribution < -0.4 is 15.4 Å². The standard InChI is InChI=1S/C22H36N4O2.HI/c1-4-23-22(24-11-12-26(5-2)19-8-9-19)25-15-18-7-6-17(3)14-21(18)28-20-10-13-27-16-20;/h6-7,14,19-20H,4-5,8-13,15-16H2,1-3H3,(H2,23,24,25);1H. The molecule has 1 unspecified atom stereocenters. The van der Waals surface area contributed by atoms with E-state index in [-0.39, 0.29) is 30.1 Å². The van der Waals surface area contributed by atoms with Crippen molar-refractivity contribution in [3.05, 3.63) is 29.3 Å². The largest absolute Gasteiger partial charge is 0.488 e. The Morgan fingerprint density at radius 3 is 2.72 bits per heavy atom. The van der Waals surface area contributed by atoms with E-state index in [9.17, 15) is 0 Å². The number of aliphatic imine (C=N–C) groups is 1. The summed E-state index contributed by atoms with van der Waals surface area (Å²) in [6.45, 7) is 12.4. The zero-order chi connectivity index (χ0) is 19.8. The van der Waals surface area contributed by atoms with Gasteiger partial charge in [0.1, 0.15) is 11.9 Å². The number of rotatable bonds is 10. The zero-order valence-corrected chi connectivity index (χ0v) is 20.4. The molecule has 0 bridgehead atoms. The lowest BCUT2D eigenvalue weighted by Gasteiger charge is -2.21. The maximum atomic E-state index is 6.20. The van der Waals surface area contributed by atoms with Gasteiger partial charge in [0.05, 0.1) is 19.8 Å². The third-order valence-corrected chi connectivity index (χ3v) is 5.32. The Kier molecular flexibility index (Phi) is 10.5. The topological polar surface area (TPSA) is 58.1 Å². The minimum atomic E-state index is 0. The molecule has 0 spiro atoms. The van der Waals surface area contributed by atoms with Crippen LogP contribution in [0.15, 0.2) is 23.2 Å². The highest BCUT2D eigenvalue weighted by atomic mass is 127. The van der Waals surface area contributed by atoms with Gasteiger partial charge in [0.2, 0.25) is 0 Å². The molecule has 7 heteroatoms. The van der Waals surface area contributed by atoms with E-state index in [0.717, 1.165) is 62.5 Å². The SMILES string of the molecule is CCNC(=NCc1ccc(C)cc1OC1CCOC1)NCCN(CC)C1CC1.I. The average molecular weight is 516 g/mol. The van der Waals surface area contributed by atoms with E-state index in [1.165, 1.54) is 18.4 Å². The Hall–Kier alpha value is -1.06. The van der Waals surface area contributed by atoms with Gasteiger partial charge in [0.25, 0.3) is 0 Å². The first-order valence-corrected chi connectivity index (χ1v) is 10.8. The van der Waals surface area contributed by atoms with E-state index in [1.807, 2.05) is 0 Å². The second-order valence-corrected chi connectivity index (χ2v) is 7.70. The monoisotopic (exact) mass is 516 g/mol. The first-order chi connectivity index (χ1) is 13.7. The number of hydrogen-bond donors (Lipinski definition) is 2. The van der Waals surface area contributed by atoms with E-state index in [0.29, 0.717) is 13.2 Å². The van der Waals surface area contributed by atoms with Crippen molar-refractivity contribution in [2.45, 2.75) is 58.7 Å². The highest BCUT2D eigenvalue weighted by Gasteiger charge is 2.27. The van der Waals surface area contributed by atoms with Crippen LogP contribution in [0, 0.1) is 6.92 Å². The number of hydrogen-bond acceptors (Lipinski definition) is 4. The van der Waals surface area contributed by atoms with Crippen LogP contribution >= 0.6 is 24.0 Å². The molecule has 6 nitrogen and oxygen atoms in total. The van der Waals surface area contributed by atoms with Gasteiger partial charge in [0, 0.05) is 37.7 Å². The summed E-state index contributed by atoms with van der Waals surface area (Å²) in [5, 5.41) is 6.83. The predicted octanol–water partition coefficient (Wildman–Crippen LogP) is 3.32. The summed E-state index contributed by atoms with van der Waals surface area (Å²) in [7, 11) is 0. The van der Waals surface area contributed by atoms with Crippen molar-refractivity contribution in [2.75, 3.05) is 39.4 Å². The van der Waals surface area contributed by atoms with Gasteiger partial charge < -0.3 is 20.1 Å². The molecular weight excluding hydrogens is 479 g/mol. The van der Waals surface area contributed by atoms with E-state index in [4.69, 9.17) is 14.5 Å². The maximum absolute atomic E-state index is 6.20. The van der Waals surface area contributed by atoms with Crippen molar-refractivity contribution in [1.82, 2.24) is 15.5 Å². The second-order valence-electron chi connectivity index (χ2n) is 7.70. The Labute approximate surface area is 192 Å². The van der Waals surface area contributed by atoms with Crippen LogP contribution in [0.5, 0.6) is 5.75 Å². The molecule has 1 atom stereocenters. The Bertz CT molecular complexity index is 646. The molecule has 2 fully saturated rings. The zero-order valence-electron chi connectivity index (χ0n) is 18.1. The second kappa shape index (κ2) is 12.6. The summed E-state index contributed by atoms with van der Waals surface area (Å²) in [5.74, 6) is 1.80. The minimum Gasteiger partial charge on any atom is -0.488 e. The van der Waals surface area contributed by atoms with Crippen LogP contribution in [0.4, 0.5) is 0 Å². The summed E-state index contributed by atoms with van der Waals surface area (Å²) >= 11 is 0. The van der Waals surface area contributed by atoms with Crippen LogP contribution in [-0.2, 0) is 11.3 Å². The normalized spacial score (nSPS) is 19.2. The number of ether oxygens (including phenoxy) is 2. The molecule has 1 aliphatic carbocycles. The van der Waals surface area contributed by atoms with Gasteiger partial charge in [-0.3, -0.25) is 4.90 Å². The summed E-state index contributed by atoms with van der Waals surface area (Å²) < 4.78 is 11.6. The molecule has 2 N–H and O–H groups in total. The summed E-state index contributed by atoms with van der Waals surface area (Å²) in [4.78, 5) is 7.34. The van der Waals surface area contributed by atoms with Gasteiger partial charge in [-0.1, -0.05) is 19.1 Å². The number of guanidine groups is 1. The number of halogens is 1. The van der Waals surface area contributed by atoms with Crippen LogP contribution in [0.2, 0.25) is 0 Å². The van der Waals surface area contributed by atoms with Crippen molar-refractivity contribution < 1.29 is 9.47 Å². The van der Waals surface area contributed by atoms with E-state index in [2.05, 4.69) is 54.5 Å². The number of nitrogens with one attached hydrogen (secondary N) is 2. The van der Waals surface area contributed by atoms with E-state index < -0.39 is 0 Å². The number of aryl methyl sites for hydroxylation is 1. The fraction of sp³-hybridized carbons (Fsp3) is 0.682. The summed E-state index contributed by atoms with van der Waals surface area (Å²) in [5.41, 5.74) is 2.31. The molecule has 2 aliphatic rings. The van der Waals surface area contributed by atoms with Crippen LogP contribution in [0.3, 0.4) is 0 Å². The lowest BCUT2D eigenvalue weighted by Crippen LogP contribution is -2.42.